The summed E-state index contributed by atoms with van der Waals surface area (Å²) in [4.78, 5) is 2.48. The second-order valence-corrected chi connectivity index (χ2v) is 12.3. The largest absolute Gasteiger partial charge is 0.551 e. The molecule has 0 bridgehead atoms. The number of rotatable bonds is 1. The fraction of sp³-hybridized carbons (Fsp3) is 0. The molecule has 2 aliphatic rings. The summed E-state index contributed by atoms with van der Waals surface area (Å²) in [5.41, 5.74) is 8.48. The van der Waals surface area contributed by atoms with Crippen molar-refractivity contribution in [3.63, 3.8) is 0 Å². The second-order valence-electron chi connectivity index (χ2n) is 11.2. The lowest BCUT2D eigenvalue weighted by atomic mass is 9.48. The third-order valence-corrected chi connectivity index (χ3v) is 10.2. The molecular formula is C38H22BNOS. The molecule has 0 atom stereocenters. The van der Waals surface area contributed by atoms with E-state index in [2.05, 4.69) is 138 Å². The molecule has 0 N–H and O–H groups in total. The van der Waals surface area contributed by atoms with E-state index in [1.165, 1.54) is 75.1 Å². The van der Waals surface area contributed by atoms with E-state index in [4.69, 9.17) is 4.65 Å². The molecule has 0 aliphatic carbocycles. The maximum absolute atomic E-state index is 7.03. The Kier molecular flexibility index (Phi) is 4.44. The van der Waals surface area contributed by atoms with Gasteiger partial charge in [-0.2, -0.15) is 0 Å². The number of para-hydroxylation sites is 1. The van der Waals surface area contributed by atoms with Gasteiger partial charge in [-0.3, -0.25) is 0 Å². The highest BCUT2D eigenvalue weighted by Crippen LogP contribution is 2.50. The van der Waals surface area contributed by atoms with Crippen molar-refractivity contribution < 1.29 is 4.65 Å². The molecule has 0 fully saturated rings. The number of benzene rings is 7. The molecule has 0 saturated carbocycles. The van der Waals surface area contributed by atoms with E-state index < -0.39 is 0 Å². The van der Waals surface area contributed by atoms with Gasteiger partial charge in [-0.15, -0.1) is 11.3 Å². The Bertz CT molecular complexity index is 2430. The topological polar surface area (TPSA) is 12.5 Å². The minimum absolute atomic E-state index is 0.211. The normalized spacial score (nSPS) is 13.3. The molecule has 10 rings (SSSR count). The standard InChI is InChI=1S/C38H22BNOS/c1-2-11-25-21-26(19-17-23(25)9-1)40-31-20-18-24-10-3-4-12-27(24)36(31)39-37-32(40)22-30-28-13-6-8-16-34(28)42-38(30)35(37)29-14-5-7-15-33(29)41-39/h1-22H. The second kappa shape index (κ2) is 8.25. The van der Waals surface area contributed by atoms with E-state index in [1.807, 2.05) is 11.3 Å². The van der Waals surface area contributed by atoms with Gasteiger partial charge in [-0.1, -0.05) is 97.1 Å². The Hall–Kier alpha value is -5.06. The Morgan fingerprint density at radius 3 is 2.21 bits per heavy atom. The number of fused-ring (bicyclic) bond motifs is 11. The van der Waals surface area contributed by atoms with E-state index >= 15 is 0 Å². The third kappa shape index (κ3) is 2.94. The number of thiophene rings is 1. The summed E-state index contributed by atoms with van der Waals surface area (Å²) in [7, 11) is 0. The highest BCUT2D eigenvalue weighted by atomic mass is 32.1. The lowest BCUT2D eigenvalue weighted by Crippen LogP contribution is -2.56. The van der Waals surface area contributed by atoms with Crippen LogP contribution in [-0.4, -0.2) is 6.92 Å². The highest BCUT2D eigenvalue weighted by molar-refractivity contribution is 7.26. The fourth-order valence-electron chi connectivity index (χ4n) is 7.22. The van der Waals surface area contributed by atoms with E-state index in [0.29, 0.717) is 0 Å². The summed E-state index contributed by atoms with van der Waals surface area (Å²) in [5, 5.41) is 7.54. The van der Waals surface area contributed by atoms with Crippen molar-refractivity contribution >= 4 is 88.0 Å². The van der Waals surface area contributed by atoms with E-state index in [1.54, 1.807) is 0 Å². The maximum Gasteiger partial charge on any atom is 0.432 e. The molecule has 1 aromatic heterocycles. The van der Waals surface area contributed by atoms with Gasteiger partial charge in [0.15, 0.2) is 0 Å². The number of hydrogen-bond donors (Lipinski definition) is 0. The Morgan fingerprint density at radius 2 is 1.29 bits per heavy atom. The van der Waals surface area contributed by atoms with Gasteiger partial charge < -0.3 is 9.55 Å². The van der Waals surface area contributed by atoms with E-state index in [9.17, 15) is 0 Å². The number of nitrogens with zero attached hydrogens (tertiary/aromatic N) is 1. The first-order valence-corrected chi connectivity index (χ1v) is 15.2. The van der Waals surface area contributed by atoms with Crippen LogP contribution in [0.25, 0.3) is 52.8 Å². The van der Waals surface area contributed by atoms with Crippen molar-refractivity contribution in [1.29, 1.82) is 0 Å². The predicted octanol–water partition coefficient (Wildman–Crippen LogP) is 9.31. The van der Waals surface area contributed by atoms with Crippen LogP contribution in [-0.2, 0) is 0 Å². The van der Waals surface area contributed by atoms with Crippen LogP contribution in [0.2, 0.25) is 0 Å². The van der Waals surface area contributed by atoms with Crippen LogP contribution in [0, 0.1) is 0 Å². The molecule has 3 heterocycles. The Morgan fingerprint density at radius 1 is 0.548 bits per heavy atom. The lowest BCUT2D eigenvalue weighted by Gasteiger charge is -2.40. The average Bonchev–Trinajstić information content (AvgIpc) is 3.42. The molecule has 0 spiro atoms. The van der Waals surface area contributed by atoms with Crippen LogP contribution < -0.4 is 20.5 Å². The molecule has 0 unspecified atom stereocenters. The summed E-state index contributed by atoms with van der Waals surface area (Å²) in [6.45, 7) is -0.211. The first-order chi connectivity index (χ1) is 20.8. The first-order valence-electron chi connectivity index (χ1n) is 14.4. The van der Waals surface area contributed by atoms with Crippen LogP contribution in [0.15, 0.2) is 133 Å². The van der Waals surface area contributed by atoms with Gasteiger partial charge in [0.2, 0.25) is 0 Å². The summed E-state index contributed by atoms with van der Waals surface area (Å²) < 4.78 is 9.67. The minimum Gasteiger partial charge on any atom is -0.551 e. The van der Waals surface area contributed by atoms with Crippen molar-refractivity contribution in [2.24, 2.45) is 0 Å². The predicted molar refractivity (Wildman–Crippen MR) is 180 cm³/mol. The van der Waals surface area contributed by atoms with Crippen LogP contribution in [0.3, 0.4) is 0 Å². The van der Waals surface area contributed by atoms with Crippen molar-refractivity contribution in [3.8, 4) is 16.9 Å². The molecule has 2 nitrogen and oxygen atoms in total. The molecule has 7 aromatic carbocycles. The van der Waals surface area contributed by atoms with Gasteiger partial charge in [-0.05, 0) is 57.9 Å². The number of anilines is 3. The Balaban J connectivity index is 1.40. The summed E-state index contributed by atoms with van der Waals surface area (Å²) in [6, 6.07) is 48.5. The van der Waals surface area contributed by atoms with Gasteiger partial charge in [0.05, 0.1) is 0 Å². The van der Waals surface area contributed by atoms with Crippen molar-refractivity contribution in [1.82, 2.24) is 0 Å². The van der Waals surface area contributed by atoms with Crippen LogP contribution in [0.5, 0.6) is 5.75 Å². The van der Waals surface area contributed by atoms with Crippen LogP contribution in [0.1, 0.15) is 0 Å². The summed E-state index contributed by atoms with van der Waals surface area (Å²) in [5.74, 6) is 0.948. The molecular weight excluding hydrogens is 529 g/mol. The Labute approximate surface area is 247 Å². The number of hydrogen-bond acceptors (Lipinski definition) is 3. The summed E-state index contributed by atoms with van der Waals surface area (Å²) in [6.07, 6.45) is 0. The van der Waals surface area contributed by atoms with Gasteiger partial charge in [-0.25, -0.2) is 0 Å². The van der Waals surface area contributed by atoms with Gasteiger partial charge in [0.1, 0.15) is 5.75 Å². The third-order valence-electron chi connectivity index (χ3n) is 9.03. The SMILES string of the molecule is c1ccc2c(c1)OB1c3c(cc4c(sc5ccccc54)c3-2)N(c2ccc3ccccc3c2)c2ccc3ccccc3c21. The minimum atomic E-state index is -0.211. The summed E-state index contributed by atoms with van der Waals surface area (Å²) >= 11 is 1.89. The van der Waals surface area contributed by atoms with Crippen LogP contribution in [0.4, 0.5) is 17.1 Å². The molecule has 2 aliphatic heterocycles. The highest BCUT2D eigenvalue weighted by Gasteiger charge is 2.44. The fourth-order valence-corrected chi connectivity index (χ4v) is 8.48. The van der Waals surface area contributed by atoms with E-state index in [0.717, 1.165) is 11.4 Å². The maximum atomic E-state index is 7.03. The molecule has 0 radical (unpaired) electrons. The smallest absolute Gasteiger partial charge is 0.432 e. The molecule has 8 aromatic rings. The van der Waals surface area contributed by atoms with Gasteiger partial charge >= 0.3 is 6.92 Å². The molecule has 0 amide bonds. The van der Waals surface area contributed by atoms with Crippen molar-refractivity contribution in [2.45, 2.75) is 0 Å². The zero-order chi connectivity index (χ0) is 27.4. The molecule has 194 valence electrons. The zero-order valence-electron chi connectivity index (χ0n) is 22.5. The van der Waals surface area contributed by atoms with Crippen molar-refractivity contribution in [2.75, 3.05) is 4.90 Å². The quantitative estimate of drug-likeness (QED) is 0.189. The first kappa shape index (κ1) is 22.6. The van der Waals surface area contributed by atoms with Crippen molar-refractivity contribution in [3.05, 3.63) is 133 Å². The average molecular weight is 551 g/mol. The van der Waals surface area contributed by atoms with Gasteiger partial charge in [0.25, 0.3) is 0 Å². The van der Waals surface area contributed by atoms with Crippen LogP contribution >= 0.6 is 11.3 Å². The monoisotopic (exact) mass is 551 g/mol. The molecule has 42 heavy (non-hydrogen) atoms. The zero-order valence-corrected chi connectivity index (χ0v) is 23.4. The molecule has 4 heteroatoms. The van der Waals surface area contributed by atoms with E-state index in [-0.39, 0.29) is 6.92 Å². The van der Waals surface area contributed by atoms with Gasteiger partial charge in [0, 0.05) is 59.3 Å². The molecule has 0 saturated heterocycles. The lowest BCUT2D eigenvalue weighted by molar-refractivity contribution is 0.590.